The number of piperidine rings is 1. The zero-order chi connectivity index (χ0) is 22.5. The van der Waals surface area contributed by atoms with Crippen LogP contribution in [0.3, 0.4) is 0 Å². The molecule has 0 N–H and O–H groups in total. The molecule has 1 saturated heterocycles. The van der Waals surface area contributed by atoms with Gasteiger partial charge in [0.25, 0.3) is 5.91 Å². The topological polar surface area (TPSA) is 26.8 Å². The van der Waals surface area contributed by atoms with E-state index in [0.717, 1.165) is 50.3 Å². The molecule has 2 aromatic carbocycles. The lowest BCUT2D eigenvalue weighted by Gasteiger charge is -2.38. The fourth-order valence-corrected chi connectivity index (χ4v) is 5.42. The zero-order valence-corrected chi connectivity index (χ0v) is 20.1. The Kier molecular flexibility index (Phi) is 7.64. The fraction of sp³-hybridized carbons (Fsp3) is 0.536. The van der Waals surface area contributed by atoms with E-state index in [1.807, 2.05) is 18.2 Å². The van der Waals surface area contributed by atoms with E-state index in [1.165, 1.54) is 36.8 Å². The fourth-order valence-electron chi connectivity index (χ4n) is 5.42. The Morgan fingerprint density at radius 3 is 2.28 bits per heavy atom. The van der Waals surface area contributed by atoms with Gasteiger partial charge in [-0.1, -0.05) is 42.0 Å². The molecule has 4 heteroatoms. The minimum absolute atomic E-state index is 0.195. The second kappa shape index (κ2) is 10.6. The number of aryl methyl sites for hydroxylation is 1. The van der Waals surface area contributed by atoms with Gasteiger partial charge in [0.05, 0.1) is 0 Å². The molecule has 4 nitrogen and oxygen atoms in total. The summed E-state index contributed by atoms with van der Waals surface area (Å²) >= 11 is 0. The lowest BCUT2D eigenvalue weighted by atomic mass is 9.94. The minimum Gasteiger partial charge on any atom is -0.338 e. The van der Waals surface area contributed by atoms with Gasteiger partial charge in [-0.05, 0) is 102 Å². The van der Waals surface area contributed by atoms with Crippen molar-refractivity contribution < 1.29 is 4.79 Å². The number of fused-ring (bicyclic) bond motifs is 1. The SMILES string of the molecule is Cc1cccc(C(=O)N(CCCN(C)C)CC2CCN(C3Cc4ccccc4C3)CC2)c1. The molecule has 0 atom stereocenters. The Bertz CT molecular complexity index is 876. The van der Waals surface area contributed by atoms with E-state index in [0.29, 0.717) is 12.0 Å². The number of hydrogen-bond acceptors (Lipinski definition) is 3. The van der Waals surface area contributed by atoms with Crippen LogP contribution in [0.2, 0.25) is 0 Å². The van der Waals surface area contributed by atoms with Crippen LogP contribution in [-0.2, 0) is 12.8 Å². The van der Waals surface area contributed by atoms with E-state index < -0.39 is 0 Å². The van der Waals surface area contributed by atoms with Crippen LogP contribution >= 0.6 is 0 Å². The molecule has 1 aliphatic carbocycles. The molecule has 0 spiro atoms. The van der Waals surface area contributed by atoms with Crippen molar-refractivity contribution >= 4 is 5.91 Å². The van der Waals surface area contributed by atoms with Crippen LogP contribution in [0, 0.1) is 12.8 Å². The van der Waals surface area contributed by atoms with E-state index >= 15 is 0 Å². The second-order valence-electron chi connectivity index (χ2n) is 10.1. The maximum absolute atomic E-state index is 13.3. The van der Waals surface area contributed by atoms with Gasteiger partial charge in [-0.15, -0.1) is 0 Å². The van der Waals surface area contributed by atoms with Gasteiger partial charge in [-0.3, -0.25) is 9.69 Å². The summed E-state index contributed by atoms with van der Waals surface area (Å²) in [7, 11) is 4.20. The number of likely N-dealkylation sites (tertiary alicyclic amines) is 1. The first-order valence-corrected chi connectivity index (χ1v) is 12.3. The minimum atomic E-state index is 0.195. The van der Waals surface area contributed by atoms with E-state index in [2.05, 4.69) is 66.1 Å². The van der Waals surface area contributed by atoms with Crippen LogP contribution in [0.1, 0.15) is 46.3 Å². The van der Waals surface area contributed by atoms with Crippen molar-refractivity contribution in [1.82, 2.24) is 14.7 Å². The first kappa shape index (κ1) is 23.0. The number of benzene rings is 2. The maximum Gasteiger partial charge on any atom is 0.253 e. The molecule has 0 aromatic heterocycles. The molecule has 0 bridgehead atoms. The Morgan fingerprint density at radius 1 is 0.969 bits per heavy atom. The van der Waals surface area contributed by atoms with E-state index in [9.17, 15) is 4.79 Å². The third-order valence-corrected chi connectivity index (χ3v) is 7.26. The van der Waals surface area contributed by atoms with Gasteiger partial charge in [0.1, 0.15) is 0 Å². The number of hydrogen-bond donors (Lipinski definition) is 0. The summed E-state index contributed by atoms with van der Waals surface area (Å²) in [4.78, 5) is 20.4. The highest BCUT2D eigenvalue weighted by Gasteiger charge is 2.31. The molecular weight excluding hydrogens is 394 g/mol. The number of amides is 1. The van der Waals surface area contributed by atoms with Crippen molar-refractivity contribution in [2.45, 2.75) is 45.1 Å². The normalized spacial score (nSPS) is 17.6. The molecule has 2 aliphatic rings. The molecule has 1 amide bonds. The van der Waals surface area contributed by atoms with Gasteiger partial charge in [-0.2, -0.15) is 0 Å². The predicted octanol–water partition coefficient (Wildman–Crippen LogP) is 4.27. The van der Waals surface area contributed by atoms with Crippen molar-refractivity contribution in [1.29, 1.82) is 0 Å². The van der Waals surface area contributed by atoms with Crippen molar-refractivity contribution in [3.8, 4) is 0 Å². The predicted molar refractivity (Wildman–Crippen MR) is 132 cm³/mol. The Labute approximate surface area is 194 Å². The molecule has 0 unspecified atom stereocenters. The van der Waals surface area contributed by atoms with Crippen LogP contribution in [0.4, 0.5) is 0 Å². The first-order valence-electron chi connectivity index (χ1n) is 12.3. The average molecular weight is 434 g/mol. The maximum atomic E-state index is 13.3. The lowest BCUT2D eigenvalue weighted by molar-refractivity contribution is 0.0661. The number of carbonyl (C=O) groups excluding carboxylic acids is 1. The average Bonchev–Trinajstić information content (AvgIpc) is 3.22. The van der Waals surface area contributed by atoms with Gasteiger partial charge in [0, 0.05) is 24.7 Å². The van der Waals surface area contributed by atoms with Gasteiger partial charge >= 0.3 is 0 Å². The highest BCUT2D eigenvalue weighted by atomic mass is 16.2. The Hall–Kier alpha value is -2.17. The third kappa shape index (κ3) is 5.79. The van der Waals surface area contributed by atoms with E-state index in [-0.39, 0.29) is 5.91 Å². The summed E-state index contributed by atoms with van der Waals surface area (Å²) in [5.74, 6) is 0.796. The summed E-state index contributed by atoms with van der Waals surface area (Å²) in [6, 6.07) is 17.7. The largest absolute Gasteiger partial charge is 0.338 e. The molecular formula is C28H39N3O. The standard InChI is InChI=1S/C28H39N3O/c1-22-8-6-11-26(18-22)28(32)31(15-7-14-29(2)3)21-23-12-16-30(17-13-23)27-19-24-9-4-5-10-25(24)20-27/h4-6,8-11,18,23,27H,7,12-17,19-21H2,1-3H3. The molecule has 4 rings (SSSR count). The van der Waals surface area contributed by atoms with E-state index in [1.54, 1.807) is 0 Å². The Morgan fingerprint density at radius 2 is 1.66 bits per heavy atom. The van der Waals surface area contributed by atoms with Crippen molar-refractivity contribution in [2.24, 2.45) is 5.92 Å². The molecule has 172 valence electrons. The van der Waals surface area contributed by atoms with Gasteiger partial charge in [0.15, 0.2) is 0 Å². The summed E-state index contributed by atoms with van der Waals surface area (Å²) in [6.07, 6.45) is 5.80. The molecule has 0 radical (unpaired) electrons. The van der Waals surface area contributed by atoms with Gasteiger partial charge < -0.3 is 9.80 Å². The number of carbonyl (C=O) groups is 1. The van der Waals surface area contributed by atoms with Crippen LogP contribution in [0.5, 0.6) is 0 Å². The molecule has 2 aromatic rings. The van der Waals surface area contributed by atoms with Crippen molar-refractivity contribution in [3.05, 3.63) is 70.8 Å². The summed E-state index contributed by atoms with van der Waals surface area (Å²) < 4.78 is 0. The molecule has 1 fully saturated rings. The van der Waals surface area contributed by atoms with Gasteiger partial charge in [0.2, 0.25) is 0 Å². The number of nitrogens with zero attached hydrogens (tertiary/aromatic N) is 3. The van der Waals surface area contributed by atoms with Crippen LogP contribution < -0.4 is 0 Å². The summed E-state index contributed by atoms with van der Waals surface area (Å²) in [6.45, 7) is 7.12. The van der Waals surface area contributed by atoms with Gasteiger partial charge in [-0.25, -0.2) is 0 Å². The quantitative estimate of drug-likeness (QED) is 0.622. The highest BCUT2D eigenvalue weighted by Crippen LogP contribution is 2.29. The number of rotatable bonds is 8. The third-order valence-electron chi connectivity index (χ3n) is 7.26. The molecule has 1 aliphatic heterocycles. The molecule has 1 heterocycles. The zero-order valence-electron chi connectivity index (χ0n) is 20.1. The van der Waals surface area contributed by atoms with Crippen molar-refractivity contribution in [2.75, 3.05) is 46.8 Å². The van der Waals surface area contributed by atoms with Crippen molar-refractivity contribution in [3.63, 3.8) is 0 Å². The smallest absolute Gasteiger partial charge is 0.253 e. The van der Waals surface area contributed by atoms with Crippen LogP contribution in [0.15, 0.2) is 48.5 Å². The molecule has 32 heavy (non-hydrogen) atoms. The van der Waals surface area contributed by atoms with Crippen LogP contribution in [-0.4, -0.2) is 73.5 Å². The molecule has 0 saturated carbocycles. The summed E-state index contributed by atoms with van der Waals surface area (Å²) in [5, 5.41) is 0. The lowest BCUT2D eigenvalue weighted by Crippen LogP contribution is -2.45. The van der Waals surface area contributed by atoms with E-state index in [4.69, 9.17) is 0 Å². The second-order valence-corrected chi connectivity index (χ2v) is 10.1. The van der Waals surface area contributed by atoms with Crippen LogP contribution in [0.25, 0.3) is 0 Å². The first-order chi connectivity index (χ1) is 15.5. The summed E-state index contributed by atoms with van der Waals surface area (Å²) in [5.41, 5.74) is 5.05. The monoisotopic (exact) mass is 433 g/mol. The Balaban J connectivity index is 1.34. The highest BCUT2D eigenvalue weighted by molar-refractivity contribution is 5.94.